The second-order valence-electron chi connectivity index (χ2n) is 5.94. The third-order valence-electron chi connectivity index (χ3n) is 3.96. The van der Waals surface area contributed by atoms with Gasteiger partial charge in [-0.25, -0.2) is 0 Å². The molecule has 1 aliphatic carbocycles. The van der Waals surface area contributed by atoms with Gasteiger partial charge in [-0.15, -0.1) is 0 Å². The van der Waals surface area contributed by atoms with Gasteiger partial charge in [0.25, 0.3) is 5.91 Å². The fraction of sp³-hybridized carbons (Fsp3) is 0.500. The molecule has 0 bridgehead atoms. The summed E-state index contributed by atoms with van der Waals surface area (Å²) in [6.45, 7) is 1.91. The summed E-state index contributed by atoms with van der Waals surface area (Å²) in [6, 6.07) is 7.47. The largest absolute Gasteiger partial charge is 0.349 e. The van der Waals surface area contributed by atoms with Crippen molar-refractivity contribution in [2.45, 2.75) is 31.7 Å². The molecule has 0 spiro atoms. The van der Waals surface area contributed by atoms with Crippen LogP contribution in [0.3, 0.4) is 0 Å². The number of benzene rings is 1. The lowest BCUT2D eigenvalue weighted by atomic mass is 10.0. The van der Waals surface area contributed by atoms with E-state index in [0.29, 0.717) is 29.6 Å². The number of nitrogens with one attached hydrogen (secondary N) is 3. The molecule has 1 heterocycles. The van der Waals surface area contributed by atoms with E-state index in [1.165, 1.54) is 0 Å². The maximum absolute atomic E-state index is 12.0. The molecule has 1 aromatic rings. The molecule has 0 aromatic heterocycles. The highest BCUT2D eigenvalue weighted by Gasteiger charge is 2.24. The summed E-state index contributed by atoms with van der Waals surface area (Å²) in [6.07, 6.45) is 3.72. The van der Waals surface area contributed by atoms with E-state index in [4.69, 9.17) is 0 Å². The average Bonchev–Trinajstić information content (AvgIpc) is 3.13. The zero-order valence-electron chi connectivity index (χ0n) is 12.0. The molecule has 1 saturated carbocycles. The van der Waals surface area contributed by atoms with E-state index in [0.717, 1.165) is 32.4 Å². The van der Waals surface area contributed by atoms with Gasteiger partial charge in [-0.05, 0) is 56.5 Å². The second-order valence-corrected chi connectivity index (χ2v) is 5.94. The van der Waals surface area contributed by atoms with Crippen LogP contribution in [-0.4, -0.2) is 30.9 Å². The van der Waals surface area contributed by atoms with Gasteiger partial charge in [0.1, 0.15) is 0 Å². The van der Waals surface area contributed by atoms with Crippen molar-refractivity contribution >= 4 is 17.5 Å². The highest BCUT2D eigenvalue weighted by molar-refractivity contribution is 5.97. The van der Waals surface area contributed by atoms with E-state index >= 15 is 0 Å². The average molecular weight is 287 g/mol. The van der Waals surface area contributed by atoms with Crippen LogP contribution in [0.15, 0.2) is 24.3 Å². The first-order valence-corrected chi connectivity index (χ1v) is 7.62. The van der Waals surface area contributed by atoms with Gasteiger partial charge in [0.15, 0.2) is 0 Å². The zero-order chi connectivity index (χ0) is 14.7. The van der Waals surface area contributed by atoms with Crippen LogP contribution in [0.5, 0.6) is 0 Å². The quantitative estimate of drug-likeness (QED) is 0.769. The highest BCUT2D eigenvalue weighted by Crippen LogP contribution is 2.20. The Morgan fingerprint density at radius 1 is 1.24 bits per heavy atom. The number of rotatable bonds is 5. The van der Waals surface area contributed by atoms with Crippen LogP contribution in [0.4, 0.5) is 5.69 Å². The Morgan fingerprint density at radius 2 is 2.10 bits per heavy atom. The van der Waals surface area contributed by atoms with Crippen LogP contribution < -0.4 is 16.0 Å². The molecule has 1 atom stereocenters. The van der Waals surface area contributed by atoms with E-state index < -0.39 is 0 Å². The lowest BCUT2D eigenvalue weighted by Crippen LogP contribution is -2.25. The predicted octanol–water partition coefficient (Wildman–Crippen LogP) is 1.52. The molecule has 2 fully saturated rings. The Morgan fingerprint density at radius 3 is 2.81 bits per heavy atom. The number of anilines is 1. The number of hydrogen-bond donors (Lipinski definition) is 3. The van der Waals surface area contributed by atoms with Crippen LogP contribution >= 0.6 is 0 Å². The summed E-state index contributed by atoms with van der Waals surface area (Å²) in [5, 5.41) is 9.09. The smallest absolute Gasteiger partial charge is 0.251 e. The molecule has 21 heavy (non-hydrogen) atoms. The van der Waals surface area contributed by atoms with E-state index in [9.17, 15) is 9.59 Å². The van der Waals surface area contributed by atoms with Crippen molar-refractivity contribution in [2.75, 3.05) is 18.4 Å². The molecule has 1 aromatic carbocycles. The molecule has 5 heteroatoms. The maximum atomic E-state index is 12.0. The van der Waals surface area contributed by atoms with Gasteiger partial charge in [-0.3, -0.25) is 9.59 Å². The first-order chi connectivity index (χ1) is 10.2. The molecular weight excluding hydrogens is 266 g/mol. The monoisotopic (exact) mass is 287 g/mol. The molecule has 5 nitrogen and oxygen atoms in total. The zero-order valence-corrected chi connectivity index (χ0v) is 12.0. The minimum atomic E-state index is -0.0615. The summed E-state index contributed by atoms with van der Waals surface area (Å²) in [5.41, 5.74) is 1.29. The molecule has 2 amide bonds. The summed E-state index contributed by atoms with van der Waals surface area (Å²) < 4.78 is 0. The van der Waals surface area contributed by atoms with Crippen molar-refractivity contribution in [3.8, 4) is 0 Å². The second kappa shape index (κ2) is 6.26. The first kappa shape index (κ1) is 14.1. The molecule has 1 unspecified atom stereocenters. The Hall–Kier alpha value is -1.88. The number of hydrogen-bond acceptors (Lipinski definition) is 3. The Kier molecular flexibility index (Phi) is 4.20. The highest BCUT2D eigenvalue weighted by atomic mass is 16.2. The van der Waals surface area contributed by atoms with Gasteiger partial charge >= 0.3 is 0 Å². The summed E-state index contributed by atoms with van der Waals surface area (Å²) >= 11 is 0. The Labute approximate surface area is 124 Å². The van der Waals surface area contributed by atoms with E-state index in [-0.39, 0.29) is 11.8 Å². The minimum Gasteiger partial charge on any atom is -0.349 e. The third kappa shape index (κ3) is 4.04. The molecular formula is C16H21N3O2. The van der Waals surface area contributed by atoms with Crippen molar-refractivity contribution in [1.82, 2.24) is 10.6 Å². The summed E-state index contributed by atoms with van der Waals surface area (Å²) in [4.78, 5) is 24.0. The lowest BCUT2D eigenvalue weighted by Gasteiger charge is -2.10. The number of carbonyl (C=O) groups excluding carboxylic acids is 2. The molecule has 112 valence electrons. The van der Waals surface area contributed by atoms with Crippen LogP contribution in [-0.2, 0) is 4.79 Å². The van der Waals surface area contributed by atoms with Crippen molar-refractivity contribution in [3.05, 3.63) is 29.8 Å². The Bertz CT molecular complexity index is 534. The fourth-order valence-electron chi connectivity index (χ4n) is 2.60. The molecule has 3 N–H and O–H groups in total. The van der Waals surface area contributed by atoms with Crippen molar-refractivity contribution in [1.29, 1.82) is 0 Å². The van der Waals surface area contributed by atoms with Gasteiger partial charge in [0, 0.05) is 23.7 Å². The van der Waals surface area contributed by atoms with Crippen LogP contribution in [0.25, 0.3) is 0 Å². The van der Waals surface area contributed by atoms with Crippen molar-refractivity contribution in [2.24, 2.45) is 5.92 Å². The maximum Gasteiger partial charge on any atom is 0.251 e. The minimum absolute atomic E-state index is 0.0171. The number of carbonyl (C=O) groups is 2. The van der Waals surface area contributed by atoms with Gasteiger partial charge in [0.05, 0.1) is 0 Å². The molecule has 1 saturated heterocycles. The van der Waals surface area contributed by atoms with Crippen LogP contribution in [0.2, 0.25) is 0 Å². The standard InChI is InChI=1S/C16H21N3O2/c20-15(8-11-6-7-17-10-11)18-14-3-1-2-12(9-14)16(21)19-13-4-5-13/h1-3,9,11,13,17H,4-8,10H2,(H,18,20)(H,19,21). The Balaban J connectivity index is 1.56. The van der Waals surface area contributed by atoms with Crippen molar-refractivity contribution in [3.63, 3.8) is 0 Å². The lowest BCUT2D eigenvalue weighted by molar-refractivity contribution is -0.116. The van der Waals surface area contributed by atoms with Crippen LogP contribution in [0, 0.1) is 5.92 Å². The van der Waals surface area contributed by atoms with Gasteiger partial charge < -0.3 is 16.0 Å². The SMILES string of the molecule is O=C(CC1CCNC1)Nc1cccc(C(=O)NC2CC2)c1. The third-order valence-corrected chi connectivity index (χ3v) is 3.96. The van der Waals surface area contributed by atoms with Crippen LogP contribution in [0.1, 0.15) is 36.0 Å². The topological polar surface area (TPSA) is 70.2 Å². The summed E-state index contributed by atoms with van der Waals surface area (Å²) in [5.74, 6) is 0.378. The van der Waals surface area contributed by atoms with Gasteiger partial charge in [-0.2, -0.15) is 0 Å². The molecule has 0 radical (unpaired) electrons. The van der Waals surface area contributed by atoms with Gasteiger partial charge in [0.2, 0.25) is 5.91 Å². The molecule has 1 aliphatic heterocycles. The summed E-state index contributed by atoms with van der Waals surface area (Å²) in [7, 11) is 0. The van der Waals surface area contributed by atoms with Crippen molar-refractivity contribution < 1.29 is 9.59 Å². The van der Waals surface area contributed by atoms with E-state index in [1.807, 2.05) is 6.07 Å². The first-order valence-electron chi connectivity index (χ1n) is 7.62. The molecule has 3 rings (SSSR count). The predicted molar refractivity (Wildman–Crippen MR) is 81.2 cm³/mol. The molecule has 2 aliphatic rings. The van der Waals surface area contributed by atoms with Gasteiger partial charge in [-0.1, -0.05) is 6.07 Å². The van der Waals surface area contributed by atoms with E-state index in [2.05, 4.69) is 16.0 Å². The fourth-order valence-corrected chi connectivity index (χ4v) is 2.60. The van der Waals surface area contributed by atoms with E-state index in [1.54, 1.807) is 18.2 Å². The normalized spacial score (nSPS) is 21.0. The number of amides is 2.